The van der Waals surface area contributed by atoms with E-state index < -0.39 is 11.9 Å². The van der Waals surface area contributed by atoms with Crippen LogP contribution in [-0.2, 0) is 14.3 Å². The Kier molecular flexibility index (Phi) is 5.28. The van der Waals surface area contributed by atoms with E-state index in [2.05, 4.69) is 21.7 Å². The standard InChI is InChI=1S/C22H24N2O4/c25-21(26)10-11-22(27)28-20(15-6-2-1-3-7-15)12-18-16-8-4-5-9-17(16)19-13-23-14-24(18)19/h4-5,8-9,12-15,18H,1-3,6-7,10-11H2,(H,25,26)/b20-12-. The summed E-state index contributed by atoms with van der Waals surface area (Å²) in [7, 11) is 0. The van der Waals surface area contributed by atoms with Gasteiger partial charge in [0.05, 0.1) is 37.1 Å². The Bertz CT molecular complexity index is 909. The normalized spacial score (nSPS) is 19.1. The molecule has 1 aromatic carbocycles. The second-order valence-electron chi connectivity index (χ2n) is 7.49. The van der Waals surface area contributed by atoms with Gasteiger partial charge in [-0.15, -0.1) is 0 Å². The van der Waals surface area contributed by atoms with Crippen molar-refractivity contribution in [2.45, 2.75) is 51.0 Å². The van der Waals surface area contributed by atoms with Gasteiger partial charge >= 0.3 is 11.9 Å². The largest absolute Gasteiger partial charge is 0.481 e. The molecule has 1 saturated carbocycles. The van der Waals surface area contributed by atoms with Gasteiger partial charge in [0.25, 0.3) is 0 Å². The van der Waals surface area contributed by atoms with Crippen molar-refractivity contribution >= 4 is 11.9 Å². The number of hydrogen-bond acceptors (Lipinski definition) is 4. The zero-order chi connectivity index (χ0) is 19.5. The van der Waals surface area contributed by atoms with Crippen LogP contribution in [0.15, 0.2) is 48.6 Å². The number of aromatic nitrogens is 2. The number of hydrogen-bond donors (Lipinski definition) is 1. The number of ether oxygens (including phenoxy) is 1. The second-order valence-corrected chi connectivity index (χ2v) is 7.49. The lowest BCUT2D eigenvalue weighted by Crippen LogP contribution is -2.17. The smallest absolute Gasteiger partial charge is 0.311 e. The molecule has 1 N–H and O–H groups in total. The highest BCUT2D eigenvalue weighted by Crippen LogP contribution is 2.41. The van der Waals surface area contributed by atoms with Crippen LogP contribution in [0.5, 0.6) is 0 Å². The van der Waals surface area contributed by atoms with E-state index in [-0.39, 0.29) is 24.8 Å². The number of esters is 1. The molecule has 0 saturated heterocycles. The summed E-state index contributed by atoms with van der Waals surface area (Å²) < 4.78 is 7.83. The van der Waals surface area contributed by atoms with Crippen molar-refractivity contribution in [3.63, 3.8) is 0 Å². The molecule has 1 atom stereocenters. The Morgan fingerprint density at radius 3 is 2.75 bits per heavy atom. The Balaban J connectivity index is 1.65. The molecule has 6 heteroatoms. The summed E-state index contributed by atoms with van der Waals surface area (Å²) in [5.41, 5.74) is 3.35. The van der Waals surface area contributed by atoms with Crippen molar-refractivity contribution in [3.8, 4) is 11.3 Å². The summed E-state index contributed by atoms with van der Waals surface area (Å²) in [4.78, 5) is 27.3. The maximum absolute atomic E-state index is 12.3. The second kappa shape index (κ2) is 8.00. The van der Waals surface area contributed by atoms with Gasteiger partial charge in [0.1, 0.15) is 5.76 Å². The number of allylic oxidation sites excluding steroid dienone is 2. The minimum Gasteiger partial charge on any atom is -0.481 e. The quantitative estimate of drug-likeness (QED) is 0.596. The molecule has 146 valence electrons. The lowest BCUT2D eigenvalue weighted by Gasteiger charge is -2.25. The zero-order valence-corrected chi connectivity index (χ0v) is 15.7. The van der Waals surface area contributed by atoms with Crippen LogP contribution in [0, 0.1) is 5.92 Å². The number of carbonyl (C=O) groups excluding carboxylic acids is 1. The Morgan fingerprint density at radius 1 is 1.18 bits per heavy atom. The SMILES string of the molecule is O=C(O)CCC(=O)O/C(=C\C1c2ccccc2-c2cncn21)C1CCCCC1. The van der Waals surface area contributed by atoms with E-state index >= 15 is 0 Å². The van der Waals surface area contributed by atoms with Gasteiger partial charge in [0.2, 0.25) is 0 Å². The number of imidazole rings is 1. The molecule has 0 amide bonds. The van der Waals surface area contributed by atoms with Gasteiger partial charge in [-0.05, 0) is 24.5 Å². The zero-order valence-electron chi connectivity index (χ0n) is 15.7. The number of nitrogens with zero attached hydrogens (tertiary/aromatic N) is 2. The maximum Gasteiger partial charge on any atom is 0.311 e. The third-order valence-corrected chi connectivity index (χ3v) is 5.63. The van der Waals surface area contributed by atoms with Crippen LogP contribution in [0.25, 0.3) is 11.3 Å². The van der Waals surface area contributed by atoms with Crippen molar-refractivity contribution in [2.75, 3.05) is 0 Å². The monoisotopic (exact) mass is 380 g/mol. The number of carbonyl (C=O) groups is 2. The molecule has 1 aliphatic carbocycles. The predicted octanol–water partition coefficient (Wildman–Crippen LogP) is 4.33. The summed E-state index contributed by atoms with van der Waals surface area (Å²) in [6.07, 6.45) is 10.8. The van der Waals surface area contributed by atoms with Gasteiger partial charge in [0, 0.05) is 11.5 Å². The van der Waals surface area contributed by atoms with Gasteiger partial charge in [-0.1, -0.05) is 43.5 Å². The molecule has 0 radical (unpaired) electrons. The number of carboxylic acid groups (broad SMARTS) is 1. The van der Waals surface area contributed by atoms with Gasteiger partial charge in [-0.2, -0.15) is 0 Å². The molecule has 2 aromatic rings. The highest BCUT2D eigenvalue weighted by Gasteiger charge is 2.29. The average Bonchev–Trinajstić information content (AvgIpc) is 3.29. The number of carboxylic acids is 1. The minimum absolute atomic E-state index is 0.0714. The molecule has 2 heterocycles. The number of fused-ring (bicyclic) bond motifs is 3. The highest BCUT2D eigenvalue weighted by atomic mass is 16.5. The van der Waals surface area contributed by atoms with Crippen molar-refractivity contribution < 1.29 is 19.4 Å². The summed E-state index contributed by atoms with van der Waals surface area (Å²) in [5.74, 6) is -0.594. The third-order valence-electron chi connectivity index (χ3n) is 5.63. The molecule has 1 fully saturated rings. The van der Waals surface area contributed by atoms with Crippen LogP contribution in [0.3, 0.4) is 0 Å². The van der Waals surface area contributed by atoms with Crippen molar-refractivity contribution in [3.05, 3.63) is 54.2 Å². The molecule has 0 bridgehead atoms. The van der Waals surface area contributed by atoms with Crippen LogP contribution in [-0.4, -0.2) is 26.6 Å². The molecule has 2 aliphatic rings. The van der Waals surface area contributed by atoms with E-state index in [4.69, 9.17) is 9.84 Å². The van der Waals surface area contributed by atoms with E-state index in [1.807, 2.05) is 24.4 Å². The maximum atomic E-state index is 12.3. The van der Waals surface area contributed by atoms with Crippen LogP contribution >= 0.6 is 0 Å². The average molecular weight is 380 g/mol. The summed E-state index contributed by atoms with van der Waals surface area (Å²) in [6, 6.07) is 8.12. The Morgan fingerprint density at radius 2 is 1.96 bits per heavy atom. The van der Waals surface area contributed by atoms with Crippen LogP contribution in [0.1, 0.15) is 56.6 Å². The fourth-order valence-electron chi connectivity index (χ4n) is 4.23. The van der Waals surface area contributed by atoms with E-state index in [1.165, 1.54) is 6.42 Å². The first-order chi connectivity index (χ1) is 13.6. The molecule has 4 rings (SSSR count). The first-order valence-electron chi connectivity index (χ1n) is 9.89. The lowest BCUT2D eigenvalue weighted by atomic mass is 9.86. The molecule has 1 aromatic heterocycles. The molecule has 1 aliphatic heterocycles. The molecule has 28 heavy (non-hydrogen) atoms. The van der Waals surface area contributed by atoms with Gasteiger partial charge < -0.3 is 14.4 Å². The first kappa shape index (κ1) is 18.5. The summed E-state index contributed by atoms with van der Waals surface area (Å²) in [5, 5.41) is 8.84. The van der Waals surface area contributed by atoms with E-state index in [0.717, 1.165) is 42.5 Å². The minimum atomic E-state index is -0.993. The molecule has 0 spiro atoms. The fourth-order valence-corrected chi connectivity index (χ4v) is 4.23. The molecular formula is C22H24N2O4. The van der Waals surface area contributed by atoms with Crippen LogP contribution < -0.4 is 0 Å². The van der Waals surface area contributed by atoms with Gasteiger partial charge in [-0.25, -0.2) is 4.98 Å². The first-order valence-corrected chi connectivity index (χ1v) is 9.89. The fraction of sp³-hybridized carbons (Fsp3) is 0.409. The van der Waals surface area contributed by atoms with E-state index in [1.54, 1.807) is 6.33 Å². The van der Waals surface area contributed by atoms with E-state index in [0.29, 0.717) is 5.76 Å². The van der Waals surface area contributed by atoms with Crippen molar-refractivity contribution in [1.29, 1.82) is 0 Å². The Labute approximate surface area is 163 Å². The highest BCUT2D eigenvalue weighted by molar-refractivity contribution is 5.77. The van der Waals surface area contributed by atoms with Crippen LogP contribution in [0.4, 0.5) is 0 Å². The third kappa shape index (κ3) is 3.72. The molecular weight excluding hydrogens is 356 g/mol. The Hall–Kier alpha value is -2.89. The lowest BCUT2D eigenvalue weighted by molar-refractivity contribution is -0.145. The predicted molar refractivity (Wildman–Crippen MR) is 103 cm³/mol. The van der Waals surface area contributed by atoms with Gasteiger partial charge in [0.15, 0.2) is 0 Å². The summed E-state index contributed by atoms with van der Waals surface area (Å²) >= 11 is 0. The topological polar surface area (TPSA) is 81.4 Å². The van der Waals surface area contributed by atoms with Gasteiger partial charge in [-0.3, -0.25) is 9.59 Å². The van der Waals surface area contributed by atoms with Crippen molar-refractivity contribution in [2.24, 2.45) is 5.92 Å². The summed E-state index contributed by atoms with van der Waals surface area (Å²) in [6.45, 7) is 0. The van der Waals surface area contributed by atoms with Crippen molar-refractivity contribution in [1.82, 2.24) is 9.55 Å². The number of rotatable bonds is 6. The van der Waals surface area contributed by atoms with E-state index in [9.17, 15) is 9.59 Å². The molecule has 6 nitrogen and oxygen atoms in total. The number of benzene rings is 1. The van der Waals surface area contributed by atoms with Crippen LogP contribution in [0.2, 0.25) is 0 Å². The molecule has 1 unspecified atom stereocenters. The number of aliphatic carboxylic acids is 1.